The summed E-state index contributed by atoms with van der Waals surface area (Å²) in [4.78, 5) is 13.5. The number of hydrogen-bond acceptors (Lipinski definition) is 3. The number of fused-ring (bicyclic) bond motifs is 2. The Bertz CT molecular complexity index is 998. The van der Waals surface area contributed by atoms with Gasteiger partial charge in [0.05, 0.1) is 5.71 Å². The first-order valence-corrected chi connectivity index (χ1v) is 9.84. The molecule has 1 saturated heterocycles. The van der Waals surface area contributed by atoms with Crippen molar-refractivity contribution in [2.24, 2.45) is 16.9 Å². The zero-order valence-electron chi connectivity index (χ0n) is 15.6. The largest absolute Gasteiger partial charge is 0.295 e. The van der Waals surface area contributed by atoms with Gasteiger partial charge in [0, 0.05) is 36.4 Å². The van der Waals surface area contributed by atoms with Crippen LogP contribution in [0.1, 0.15) is 27.4 Å². The molecule has 3 heteroatoms. The first-order chi connectivity index (χ1) is 13.8. The molecule has 0 spiro atoms. The Balaban J connectivity index is 1.57. The maximum Gasteiger partial charge on any atom is 0.168 e. The summed E-state index contributed by atoms with van der Waals surface area (Å²) < 4.78 is 0. The second-order valence-corrected chi connectivity index (χ2v) is 7.60. The molecule has 2 aliphatic rings. The minimum atomic E-state index is -0.103. The van der Waals surface area contributed by atoms with E-state index in [9.17, 15) is 4.79 Å². The van der Waals surface area contributed by atoms with Crippen molar-refractivity contribution in [3.05, 3.63) is 108 Å². The summed E-state index contributed by atoms with van der Waals surface area (Å²) in [6.07, 6.45) is 0. The van der Waals surface area contributed by atoms with Crippen LogP contribution in [0.4, 0.5) is 0 Å². The molecule has 3 aromatic carbocycles. The average Bonchev–Trinajstić information content (AvgIpc) is 3.11. The van der Waals surface area contributed by atoms with E-state index >= 15 is 0 Å². The number of ketones is 1. The molecule has 0 saturated carbocycles. The summed E-state index contributed by atoms with van der Waals surface area (Å²) >= 11 is 0. The minimum Gasteiger partial charge on any atom is -0.295 e. The van der Waals surface area contributed by atoms with Gasteiger partial charge in [0.15, 0.2) is 5.78 Å². The highest BCUT2D eigenvalue weighted by Gasteiger charge is 2.47. The van der Waals surface area contributed by atoms with Crippen LogP contribution >= 0.6 is 0 Å². The second kappa shape index (κ2) is 7.08. The quantitative estimate of drug-likeness (QED) is 0.631. The Hall–Kier alpha value is -3.20. The van der Waals surface area contributed by atoms with E-state index in [1.54, 1.807) is 0 Å². The monoisotopic (exact) mass is 366 g/mol. The summed E-state index contributed by atoms with van der Waals surface area (Å²) in [7, 11) is 0. The number of hydrazone groups is 1. The molecular formula is C25H22N2O. The fraction of sp³-hybridized carbons (Fsp3) is 0.200. The van der Waals surface area contributed by atoms with E-state index in [0.717, 1.165) is 23.4 Å². The summed E-state index contributed by atoms with van der Waals surface area (Å²) in [5.74, 6) is 0.463. The number of rotatable bonds is 4. The van der Waals surface area contributed by atoms with Crippen molar-refractivity contribution in [1.29, 1.82) is 0 Å². The van der Waals surface area contributed by atoms with Crippen molar-refractivity contribution in [2.75, 3.05) is 13.1 Å². The molecule has 3 nitrogen and oxygen atoms in total. The Morgan fingerprint density at radius 2 is 1.39 bits per heavy atom. The topological polar surface area (TPSA) is 32.7 Å². The average molecular weight is 366 g/mol. The molecule has 3 atom stereocenters. The van der Waals surface area contributed by atoms with Crippen LogP contribution < -0.4 is 0 Å². The van der Waals surface area contributed by atoms with E-state index in [-0.39, 0.29) is 23.5 Å². The van der Waals surface area contributed by atoms with Crippen molar-refractivity contribution >= 4 is 11.5 Å². The number of carbonyl (C=O) groups is 1. The molecule has 0 N–H and O–H groups in total. The van der Waals surface area contributed by atoms with Crippen molar-refractivity contribution in [3.63, 3.8) is 0 Å². The normalized spacial score (nSPS) is 23.4. The van der Waals surface area contributed by atoms with Crippen LogP contribution in [-0.4, -0.2) is 29.6 Å². The molecule has 2 bridgehead atoms. The maximum absolute atomic E-state index is 13.5. The number of benzene rings is 3. The van der Waals surface area contributed by atoms with Gasteiger partial charge in [-0.2, -0.15) is 5.10 Å². The van der Waals surface area contributed by atoms with E-state index in [1.165, 1.54) is 5.56 Å². The van der Waals surface area contributed by atoms with E-state index < -0.39 is 0 Å². The number of hydrogen-bond donors (Lipinski definition) is 0. The van der Waals surface area contributed by atoms with Gasteiger partial charge >= 0.3 is 0 Å². The number of carbonyl (C=O) groups excluding carboxylic acids is 1. The molecule has 2 heterocycles. The molecule has 0 aliphatic carbocycles. The SMILES string of the molecule is O=C(c1ccccc1)C1CN2CC(C(c3ccccc3)=N2)C1c1ccccc1. The van der Waals surface area contributed by atoms with Crippen LogP contribution in [0.15, 0.2) is 96.1 Å². The maximum atomic E-state index is 13.5. The van der Waals surface area contributed by atoms with Gasteiger partial charge in [-0.05, 0) is 11.1 Å². The van der Waals surface area contributed by atoms with E-state index in [0.29, 0.717) is 6.54 Å². The lowest BCUT2D eigenvalue weighted by atomic mass is 9.69. The lowest BCUT2D eigenvalue weighted by Crippen LogP contribution is -2.43. The number of piperidine rings is 1. The van der Waals surface area contributed by atoms with Gasteiger partial charge in [-0.15, -0.1) is 0 Å². The Kier molecular flexibility index (Phi) is 4.28. The van der Waals surface area contributed by atoms with Gasteiger partial charge in [-0.25, -0.2) is 0 Å². The standard InChI is InChI=1S/C25H22N2O/c28-25(20-14-8-3-9-15-20)22-17-27-16-21(23(22)18-10-4-1-5-11-18)24(26-27)19-12-6-2-7-13-19/h1-15,21-23H,16-17H2. The summed E-state index contributed by atoms with van der Waals surface area (Å²) in [6.45, 7) is 1.54. The molecule has 138 valence electrons. The van der Waals surface area contributed by atoms with Gasteiger partial charge in [0.25, 0.3) is 0 Å². The highest BCUT2D eigenvalue weighted by molar-refractivity contribution is 6.05. The van der Waals surface area contributed by atoms with Crippen LogP contribution in [0, 0.1) is 11.8 Å². The highest BCUT2D eigenvalue weighted by Crippen LogP contribution is 2.43. The molecule has 1 fully saturated rings. The van der Waals surface area contributed by atoms with Crippen LogP contribution in [0.25, 0.3) is 0 Å². The zero-order chi connectivity index (χ0) is 18.9. The van der Waals surface area contributed by atoms with Crippen molar-refractivity contribution in [3.8, 4) is 0 Å². The van der Waals surface area contributed by atoms with Crippen LogP contribution in [0.5, 0.6) is 0 Å². The molecule has 0 aromatic heterocycles. The molecule has 28 heavy (non-hydrogen) atoms. The van der Waals surface area contributed by atoms with Gasteiger partial charge in [0.1, 0.15) is 0 Å². The Morgan fingerprint density at radius 1 is 0.786 bits per heavy atom. The third-order valence-corrected chi connectivity index (χ3v) is 5.93. The summed E-state index contributed by atoms with van der Waals surface area (Å²) in [6, 6.07) is 30.6. The highest BCUT2D eigenvalue weighted by atomic mass is 16.1. The molecule has 3 aromatic rings. The molecular weight excluding hydrogens is 344 g/mol. The molecule has 0 radical (unpaired) electrons. The van der Waals surface area contributed by atoms with Gasteiger partial charge in [-0.1, -0.05) is 91.0 Å². The van der Waals surface area contributed by atoms with E-state index in [2.05, 4.69) is 53.5 Å². The predicted molar refractivity (Wildman–Crippen MR) is 111 cm³/mol. The predicted octanol–water partition coefficient (Wildman–Crippen LogP) is 4.62. The zero-order valence-corrected chi connectivity index (χ0v) is 15.6. The minimum absolute atomic E-state index is 0.103. The lowest BCUT2D eigenvalue weighted by molar-refractivity contribution is 0.0778. The first-order valence-electron chi connectivity index (χ1n) is 9.84. The van der Waals surface area contributed by atoms with Crippen LogP contribution in [0.2, 0.25) is 0 Å². The molecule has 3 unspecified atom stereocenters. The Labute approximate surface area is 165 Å². The van der Waals surface area contributed by atoms with Crippen LogP contribution in [-0.2, 0) is 0 Å². The third-order valence-electron chi connectivity index (χ3n) is 5.93. The smallest absolute Gasteiger partial charge is 0.168 e. The van der Waals surface area contributed by atoms with Gasteiger partial charge < -0.3 is 0 Å². The lowest BCUT2D eigenvalue weighted by Gasteiger charge is -2.37. The molecule has 0 amide bonds. The summed E-state index contributed by atoms with van der Waals surface area (Å²) in [5.41, 5.74) is 4.28. The second-order valence-electron chi connectivity index (χ2n) is 7.60. The van der Waals surface area contributed by atoms with Crippen LogP contribution in [0.3, 0.4) is 0 Å². The van der Waals surface area contributed by atoms with Crippen molar-refractivity contribution < 1.29 is 4.79 Å². The number of Topliss-reactive ketones (excluding diaryl/α,β-unsaturated/α-hetero) is 1. The third kappa shape index (κ3) is 2.93. The van der Waals surface area contributed by atoms with Crippen molar-refractivity contribution in [1.82, 2.24) is 5.01 Å². The Morgan fingerprint density at radius 3 is 2.07 bits per heavy atom. The molecule has 2 aliphatic heterocycles. The van der Waals surface area contributed by atoms with Crippen molar-refractivity contribution in [2.45, 2.75) is 5.92 Å². The van der Waals surface area contributed by atoms with E-state index in [4.69, 9.17) is 5.10 Å². The fourth-order valence-electron chi connectivity index (χ4n) is 4.68. The number of nitrogens with zero attached hydrogens (tertiary/aromatic N) is 2. The first kappa shape index (κ1) is 16.9. The van der Waals surface area contributed by atoms with Gasteiger partial charge in [0.2, 0.25) is 0 Å². The van der Waals surface area contributed by atoms with E-state index in [1.807, 2.05) is 42.5 Å². The summed E-state index contributed by atoms with van der Waals surface area (Å²) in [5, 5.41) is 7.02. The molecule has 5 rings (SSSR count). The fourth-order valence-corrected chi connectivity index (χ4v) is 4.68. The van der Waals surface area contributed by atoms with Gasteiger partial charge in [-0.3, -0.25) is 9.80 Å².